The minimum absolute atomic E-state index is 0.00174. The van der Waals surface area contributed by atoms with Crippen LogP contribution in [0.15, 0.2) is 30.3 Å². The highest BCUT2D eigenvalue weighted by Gasteiger charge is 2.28. The summed E-state index contributed by atoms with van der Waals surface area (Å²) in [5.41, 5.74) is 3.06. The summed E-state index contributed by atoms with van der Waals surface area (Å²) in [6.07, 6.45) is 0.732. The highest BCUT2D eigenvalue weighted by atomic mass is 16.5. The summed E-state index contributed by atoms with van der Waals surface area (Å²) in [6, 6.07) is 9.96. The number of hydrogen-bond acceptors (Lipinski definition) is 3. The average Bonchev–Trinajstić information content (AvgIpc) is 3.02. The number of H-pyrrole nitrogens is 1. The van der Waals surface area contributed by atoms with Gasteiger partial charge in [-0.05, 0) is 24.1 Å². The Labute approximate surface area is 143 Å². The van der Waals surface area contributed by atoms with E-state index in [1.54, 1.807) is 4.90 Å². The fourth-order valence-electron chi connectivity index (χ4n) is 2.96. The van der Waals surface area contributed by atoms with Gasteiger partial charge in [0, 0.05) is 12.5 Å². The number of hydrogen-bond donors (Lipinski definition) is 1. The lowest BCUT2D eigenvalue weighted by Crippen LogP contribution is -2.38. The molecule has 0 saturated heterocycles. The molecule has 1 aliphatic heterocycles. The maximum absolute atomic E-state index is 12.7. The number of benzene rings is 1. The predicted molar refractivity (Wildman–Crippen MR) is 92.9 cm³/mol. The van der Waals surface area contributed by atoms with E-state index in [0.717, 1.165) is 29.1 Å². The summed E-state index contributed by atoms with van der Waals surface area (Å²) in [7, 11) is 1.83. The van der Waals surface area contributed by atoms with E-state index < -0.39 is 0 Å². The van der Waals surface area contributed by atoms with Crippen LogP contribution in [0.3, 0.4) is 0 Å². The molecule has 0 saturated carbocycles. The van der Waals surface area contributed by atoms with Crippen LogP contribution in [0.25, 0.3) is 0 Å². The van der Waals surface area contributed by atoms with Crippen molar-refractivity contribution in [1.29, 1.82) is 0 Å². The molecule has 1 aromatic heterocycles. The zero-order chi connectivity index (χ0) is 17.3. The number of nitrogens with one attached hydrogen (secondary N) is 1. The van der Waals surface area contributed by atoms with Gasteiger partial charge in [0.1, 0.15) is 12.4 Å². The number of rotatable bonds is 3. The van der Waals surface area contributed by atoms with Crippen LogP contribution in [-0.4, -0.2) is 34.7 Å². The first-order valence-corrected chi connectivity index (χ1v) is 8.35. The van der Waals surface area contributed by atoms with Gasteiger partial charge in [-0.1, -0.05) is 39.0 Å². The van der Waals surface area contributed by atoms with Crippen molar-refractivity contribution in [2.75, 3.05) is 13.7 Å². The van der Waals surface area contributed by atoms with Crippen LogP contribution in [0.4, 0.5) is 0 Å². The van der Waals surface area contributed by atoms with E-state index in [0.29, 0.717) is 13.2 Å². The van der Waals surface area contributed by atoms with E-state index in [4.69, 9.17) is 4.74 Å². The number of carbonyl (C=O) groups is 1. The molecule has 5 heteroatoms. The molecule has 0 unspecified atom stereocenters. The molecule has 1 aliphatic rings. The van der Waals surface area contributed by atoms with E-state index in [1.165, 1.54) is 0 Å². The van der Waals surface area contributed by atoms with Crippen LogP contribution in [0.2, 0.25) is 0 Å². The highest BCUT2D eigenvalue weighted by molar-refractivity contribution is 5.79. The highest BCUT2D eigenvalue weighted by Crippen LogP contribution is 2.28. The molecule has 1 N–H and O–H groups in total. The van der Waals surface area contributed by atoms with Crippen molar-refractivity contribution in [2.24, 2.45) is 5.92 Å². The Bertz CT molecular complexity index is 730. The van der Waals surface area contributed by atoms with Gasteiger partial charge < -0.3 is 9.64 Å². The Morgan fingerprint density at radius 2 is 2.12 bits per heavy atom. The minimum atomic E-state index is -0.130. The normalized spacial score (nSPS) is 17.1. The van der Waals surface area contributed by atoms with Crippen molar-refractivity contribution in [3.05, 3.63) is 47.3 Å². The first-order valence-electron chi connectivity index (χ1n) is 8.35. The quantitative estimate of drug-likeness (QED) is 0.943. The van der Waals surface area contributed by atoms with Gasteiger partial charge in [0.15, 0.2) is 0 Å². The second-order valence-electron chi connectivity index (χ2n) is 7.54. The van der Waals surface area contributed by atoms with Crippen LogP contribution in [0, 0.1) is 5.92 Å². The second kappa shape index (κ2) is 6.30. The van der Waals surface area contributed by atoms with Crippen LogP contribution >= 0.6 is 0 Å². The van der Waals surface area contributed by atoms with Crippen LogP contribution in [0.5, 0.6) is 5.75 Å². The largest absolute Gasteiger partial charge is 0.492 e. The molecule has 5 nitrogen and oxygen atoms in total. The summed E-state index contributed by atoms with van der Waals surface area (Å²) in [5.74, 6) is 0.874. The molecule has 0 fully saturated rings. The minimum Gasteiger partial charge on any atom is -0.492 e. The maximum atomic E-state index is 12.7. The van der Waals surface area contributed by atoms with Gasteiger partial charge >= 0.3 is 0 Å². The predicted octanol–water partition coefficient (Wildman–Crippen LogP) is 2.92. The Hall–Kier alpha value is -2.30. The maximum Gasteiger partial charge on any atom is 0.229 e. The van der Waals surface area contributed by atoms with Crippen molar-refractivity contribution in [2.45, 2.75) is 39.2 Å². The topological polar surface area (TPSA) is 58.2 Å². The molecule has 3 rings (SSSR count). The van der Waals surface area contributed by atoms with Crippen molar-refractivity contribution in [1.82, 2.24) is 15.1 Å². The number of carbonyl (C=O) groups excluding carboxylic acids is 1. The average molecular weight is 327 g/mol. The van der Waals surface area contributed by atoms with Crippen molar-refractivity contribution >= 4 is 5.91 Å². The van der Waals surface area contributed by atoms with Gasteiger partial charge in [-0.2, -0.15) is 5.10 Å². The lowest BCUT2D eigenvalue weighted by atomic mass is 9.92. The summed E-state index contributed by atoms with van der Waals surface area (Å²) < 4.78 is 5.74. The van der Waals surface area contributed by atoms with E-state index in [9.17, 15) is 4.79 Å². The van der Waals surface area contributed by atoms with Gasteiger partial charge in [-0.15, -0.1) is 0 Å². The van der Waals surface area contributed by atoms with Crippen LogP contribution in [-0.2, 0) is 23.2 Å². The molecule has 1 atom stereocenters. The summed E-state index contributed by atoms with van der Waals surface area (Å²) in [4.78, 5) is 14.5. The van der Waals surface area contributed by atoms with Crippen LogP contribution in [0.1, 0.15) is 37.7 Å². The van der Waals surface area contributed by atoms with E-state index >= 15 is 0 Å². The fraction of sp³-hybridized carbons (Fsp3) is 0.474. The smallest absolute Gasteiger partial charge is 0.229 e. The SMILES string of the molecule is CN(Cc1cc(C(C)(C)C)n[nH]1)C(=O)[C@@H]1COc2ccccc2C1. The Morgan fingerprint density at radius 1 is 1.38 bits per heavy atom. The molecule has 0 radical (unpaired) electrons. The molecule has 1 aromatic carbocycles. The van der Waals surface area contributed by atoms with E-state index in [1.807, 2.05) is 37.4 Å². The number of fused-ring (bicyclic) bond motifs is 1. The Morgan fingerprint density at radius 3 is 2.83 bits per heavy atom. The molecule has 0 bridgehead atoms. The standard InChI is InChI=1S/C19H25N3O2/c1-19(2,3)17-10-15(20-21-17)11-22(4)18(23)14-9-13-7-5-6-8-16(13)24-12-14/h5-8,10,14H,9,11-12H2,1-4H3,(H,20,21)/t14-/m0/s1. The van der Waals surface area contributed by atoms with Gasteiger partial charge in [-0.3, -0.25) is 9.89 Å². The van der Waals surface area contributed by atoms with Gasteiger partial charge in [-0.25, -0.2) is 0 Å². The van der Waals surface area contributed by atoms with E-state index in [-0.39, 0.29) is 17.2 Å². The third kappa shape index (κ3) is 3.45. The van der Waals surface area contributed by atoms with Crippen molar-refractivity contribution < 1.29 is 9.53 Å². The molecule has 2 heterocycles. The first kappa shape index (κ1) is 16.6. The number of aromatic nitrogens is 2. The van der Waals surface area contributed by atoms with Gasteiger partial charge in [0.05, 0.1) is 23.9 Å². The molecule has 0 aliphatic carbocycles. The fourth-order valence-corrected chi connectivity index (χ4v) is 2.96. The molecule has 2 aromatic rings. The molecule has 128 valence electrons. The lowest BCUT2D eigenvalue weighted by molar-refractivity contribution is -0.136. The monoisotopic (exact) mass is 327 g/mol. The van der Waals surface area contributed by atoms with Crippen molar-refractivity contribution in [3.63, 3.8) is 0 Å². The zero-order valence-electron chi connectivity index (χ0n) is 14.8. The van der Waals surface area contributed by atoms with Gasteiger partial charge in [0.25, 0.3) is 0 Å². The van der Waals surface area contributed by atoms with E-state index in [2.05, 4.69) is 31.0 Å². The third-order valence-electron chi connectivity index (χ3n) is 4.41. The molecule has 24 heavy (non-hydrogen) atoms. The number of ether oxygens (including phenoxy) is 1. The summed E-state index contributed by atoms with van der Waals surface area (Å²) in [5, 5.41) is 7.40. The molecule has 0 spiro atoms. The summed E-state index contributed by atoms with van der Waals surface area (Å²) in [6.45, 7) is 7.34. The first-order chi connectivity index (χ1) is 11.3. The number of nitrogens with zero attached hydrogens (tertiary/aromatic N) is 2. The number of para-hydroxylation sites is 1. The van der Waals surface area contributed by atoms with Crippen LogP contribution < -0.4 is 4.74 Å². The third-order valence-corrected chi connectivity index (χ3v) is 4.41. The van der Waals surface area contributed by atoms with Crippen molar-refractivity contribution in [3.8, 4) is 5.75 Å². The zero-order valence-corrected chi connectivity index (χ0v) is 14.8. The Kier molecular flexibility index (Phi) is 4.35. The second-order valence-corrected chi connectivity index (χ2v) is 7.54. The summed E-state index contributed by atoms with van der Waals surface area (Å²) >= 11 is 0. The van der Waals surface area contributed by atoms with Gasteiger partial charge in [0.2, 0.25) is 5.91 Å². The Balaban J connectivity index is 1.64. The molecular formula is C19H25N3O2. The molecule has 1 amide bonds. The molecular weight excluding hydrogens is 302 g/mol. The number of amides is 1. The number of aromatic amines is 1. The lowest BCUT2D eigenvalue weighted by Gasteiger charge is -2.28.